The number of rotatable bonds is 7. The largest absolute Gasteiger partial charge is 0.493 e. The van der Waals surface area contributed by atoms with Crippen LogP contribution in [-0.2, 0) is 11.2 Å². The SMILES string of the molecule is COc1cc(CC(=O)Nc2nc(-c3ccncc3)cs2)cc(OC)c1OC. The van der Waals surface area contributed by atoms with Crippen molar-refractivity contribution in [3.05, 3.63) is 47.6 Å². The zero-order valence-corrected chi connectivity index (χ0v) is 16.0. The Bertz CT molecular complexity index is 903. The quantitative estimate of drug-likeness (QED) is 0.671. The number of methoxy groups -OCH3 is 3. The van der Waals surface area contributed by atoms with Gasteiger partial charge in [-0.15, -0.1) is 11.3 Å². The molecule has 3 aromatic rings. The maximum Gasteiger partial charge on any atom is 0.230 e. The smallest absolute Gasteiger partial charge is 0.230 e. The summed E-state index contributed by atoms with van der Waals surface area (Å²) in [6.07, 6.45) is 3.57. The third kappa shape index (κ3) is 4.35. The average Bonchev–Trinajstić information content (AvgIpc) is 3.16. The number of ether oxygens (including phenoxy) is 3. The Kier molecular flexibility index (Phi) is 5.87. The van der Waals surface area contributed by atoms with Crippen LogP contribution in [0, 0.1) is 0 Å². The topological polar surface area (TPSA) is 82.6 Å². The van der Waals surface area contributed by atoms with Gasteiger partial charge in [0.15, 0.2) is 16.6 Å². The predicted molar refractivity (Wildman–Crippen MR) is 104 cm³/mol. The molecule has 0 saturated carbocycles. The molecule has 2 heterocycles. The normalized spacial score (nSPS) is 10.3. The molecule has 0 aliphatic carbocycles. The summed E-state index contributed by atoms with van der Waals surface area (Å²) in [7, 11) is 4.62. The fourth-order valence-corrected chi connectivity index (χ4v) is 3.31. The van der Waals surface area contributed by atoms with Crippen molar-refractivity contribution < 1.29 is 19.0 Å². The van der Waals surface area contributed by atoms with E-state index in [0.29, 0.717) is 22.4 Å². The van der Waals surface area contributed by atoms with Crippen LogP contribution in [0.1, 0.15) is 5.56 Å². The van der Waals surface area contributed by atoms with Gasteiger partial charge in [0.1, 0.15) is 0 Å². The van der Waals surface area contributed by atoms with Crippen LogP contribution in [0.4, 0.5) is 5.13 Å². The number of aromatic nitrogens is 2. The van der Waals surface area contributed by atoms with Crippen molar-refractivity contribution >= 4 is 22.4 Å². The number of amides is 1. The minimum Gasteiger partial charge on any atom is -0.493 e. The average molecular weight is 385 g/mol. The summed E-state index contributed by atoms with van der Waals surface area (Å²) in [5, 5.41) is 5.26. The summed E-state index contributed by atoms with van der Waals surface area (Å²) >= 11 is 1.37. The molecule has 0 saturated heterocycles. The highest BCUT2D eigenvalue weighted by molar-refractivity contribution is 7.14. The Morgan fingerprint density at radius 1 is 1.07 bits per heavy atom. The summed E-state index contributed by atoms with van der Waals surface area (Å²) in [4.78, 5) is 20.9. The van der Waals surface area contributed by atoms with Gasteiger partial charge in [0.2, 0.25) is 11.7 Å². The van der Waals surface area contributed by atoms with Crippen LogP contribution >= 0.6 is 11.3 Å². The highest BCUT2D eigenvalue weighted by Crippen LogP contribution is 2.38. The Morgan fingerprint density at radius 2 is 1.74 bits per heavy atom. The molecule has 0 unspecified atom stereocenters. The molecular weight excluding hydrogens is 366 g/mol. The van der Waals surface area contributed by atoms with E-state index in [2.05, 4.69) is 15.3 Å². The van der Waals surface area contributed by atoms with Gasteiger partial charge in [0, 0.05) is 23.3 Å². The Balaban J connectivity index is 1.72. The minimum absolute atomic E-state index is 0.154. The van der Waals surface area contributed by atoms with Crippen LogP contribution in [0.3, 0.4) is 0 Å². The van der Waals surface area contributed by atoms with Crippen molar-refractivity contribution in [3.8, 4) is 28.5 Å². The summed E-state index contributed by atoms with van der Waals surface area (Å²) in [5.74, 6) is 1.33. The fraction of sp³-hybridized carbons (Fsp3) is 0.211. The number of carbonyl (C=O) groups excluding carboxylic acids is 1. The Hall–Kier alpha value is -3.13. The lowest BCUT2D eigenvalue weighted by Gasteiger charge is -2.13. The lowest BCUT2D eigenvalue weighted by Crippen LogP contribution is -2.14. The van der Waals surface area contributed by atoms with Crippen molar-refractivity contribution in [2.24, 2.45) is 0 Å². The van der Waals surface area contributed by atoms with E-state index in [1.54, 1.807) is 24.5 Å². The van der Waals surface area contributed by atoms with Gasteiger partial charge in [0.25, 0.3) is 0 Å². The summed E-state index contributed by atoms with van der Waals surface area (Å²) in [6.45, 7) is 0. The van der Waals surface area contributed by atoms with Crippen LogP contribution < -0.4 is 19.5 Å². The third-order valence-electron chi connectivity index (χ3n) is 3.82. The first-order valence-corrected chi connectivity index (χ1v) is 8.97. The maximum atomic E-state index is 12.4. The molecule has 7 nitrogen and oxygen atoms in total. The molecule has 3 rings (SSSR count). The highest BCUT2D eigenvalue weighted by Gasteiger charge is 2.15. The molecule has 0 radical (unpaired) electrons. The molecule has 2 aromatic heterocycles. The van der Waals surface area contributed by atoms with E-state index in [-0.39, 0.29) is 12.3 Å². The van der Waals surface area contributed by atoms with E-state index < -0.39 is 0 Å². The number of anilines is 1. The lowest BCUT2D eigenvalue weighted by molar-refractivity contribution is -0.115. The number of benzene rings is 1. The van der Waals surface area contributed by atoms with E-state index in [4.69, 9.17) is 14.2 Å². The molecule has 1 N–H and O–H groups in total. The first kappa shape index (κ1) is 18.7. The zero-order chi connectivity index (χ0) is 19.2. The second-order valence-electron chi connectivity index (χ2n) is 5.53. The first-order chi connectivity index (χ1) is 13.1. The van der Waals surface area contributed by atoms with Crippen molar-refractivity contribution in [1.82, 2.24) is 9.97 Å². The van der Waals surface area contributed by atoms with Crippen LogP contribution in [0.25, 0.3) is 11.3 Å². The number of hydrogen-bond donors (Lipinski definition) is 1. The van der Waals surface area contributed by atoms with Crippen LogP contribution in [-0.4, -0.2) is 37.2 Å². The summed E-state index contributed by atoms with van der Waals surface area (Å²) in [6, 6.07) is 7.25. The Labute approximate surface area is 161 Å². The summed E-state index contributed by atoms with van der Waals surface area (Å²) < 4.78 is 15.9. The van der Waals surface area contributed by atoms with Crippen LogP contribution in [0.15, 0.2) is 42.0 Å². The lowest BCUT2D eigenvalue weighted by atomic mass is 10.1. The van der Waals surface area contributed by atoms with Gasteiger partial charge in [0.05, 0.1) is 33.4 Å². The summed E-state index contributed by atoms with van der Waals surface area (Å²) in [5.41, 5.74) is 2.49. The number of thiazole rings is 1. The standard InChI is InChI=1S/C19H19N3O4S/c1-24-15-8-12(9-16(25-2)18(15)26-3)10-17(23)22-19-21-14(11-27-19)13-4-6-20-7-5-13/h4-9,11H,10H2,1-3H3,(H,21,22,23). The molecule has 27 heavy (non-hydrogen) atoms. The minimum atomic E-state index is -0.181. The monoisotopic (exact) mass is 385 g/mol. The van der Waals surface area contributed by atoms with Gasteiger partial charge in [-0.25, -0.2) is 4.98 Å². The van der Waals surface area contributed by atoms with Gasteiger partial charge in [-0.3, -0.25) is 9.78 Å². The first-order valence-electron chi connectivity index (χ1n) is 8.09. The number of pyridine rings is 1. The van der Waals surface area contributed by atoms with Crippen LogP contribution in [0.5, 0.6) is 17.2 Å². The fourth-order valence-electron chi connectivity index (χ4n) is 2.57. The maximum absolute atomic E-state index is 12.4. The molecule has 0 atom stereocenters. The number of carbonyl (C=O) groups is 1. The van der Waals surface area contributed by atoms with Crippen molar-refractivity contribution in [2.75, 3.05) is 26.6 Å². The second kappa shape index (κ2) is 8.50. The molecule has 140 valence electrons. The molecule has 0 bridgehead atoms. The number of nitrogens with zero attached hydrogens (tertiary/aromatic N) is 2. The van der Waals surface area contributed by atoms with Crippen molar-refractivity contribution in [2.45, 2.75) is 6.42 Å². The van der Waals surface area contributed by atoms with Crippen molar-refractivity contribution in [1.29, 1.82) is 0 Å². The van der Waals surface area contributed by atoms with Gasteiger partial charge < -0.3 is 19.5 Å². The van der Waals surface area contributed by atoms with E-state index in [1.807, 2.05) is 17.5 Å². The van der Waals surface area contributed by atoms with Crippen LogP contribution in [0.2, 0.25) is 0 Å². The molecule has 0 aliphatic rings. The van der Waals surface area contributed by atoms with Gasteiger partial charge in [-0.05, 0) is 29.8 Å². The van der Waals surface area contributed by atoms with E-state index in [9.17, 15) is 4.79 Å². The molecule has 8 heteroatoms. The number of hydrogen-bond acceptors (Lipinski definition) is 7. The third-order valence-corrected chi connectivity index (χ3v) is 4.57. The molecule has 0 aliphatic heterocycles. The van der Waals surface area contributed by atoms with E-state index >= 15 is 0 Å². The predicted octanol–water partition coefficient (Wildman–Crippen LogP) is 3.41. The second-order valence-corrected chi connectivity index (χ2v) is 6.39. The molecule has 1 amide bonds. The highest BCUT2D eigenvalue weighted by atomic mass is 32.1. The Morgan fingerprint density at radius 3 is 2.33 bits per heavy atom. The van der Waals surface area contributed by atoms with Crippen molar-refractivity contribution in [3.63, 3.8) is 0 Å². The zero-order valence-electron chi connectivity index (χ0n) is 15.2. The molecule has 0 fully saturated rings. The van der Waals surface area contributed by atoms with E-state index in [0.717, 1.165) is 16.8 Å². The van der Waals surface area contributed by atoms with Gasteiger partial charge in [-0.2, -0.15) is 0 Å². The van der Waals surface area contributed by atoms with Gasteiger partial charge >= 0.3 is 0 Å². The van der Waals surface area contributed by atoms with E-state index in [1.165, 1.54) is 32.7 Å². The van der Waals surface area contributed by atoms with Gasteiger partial charge in [-0.1, -0.05) is 0 Å². The molecule has 0 spiro atoms. The molecule has 1 aromatic carbocycles. The number of nitrogens with one attached hydrogen (secondary N) is 1. The molecular formula is C19H19N3O4S.